The summed E-state index contributed by atoms with van der Waals surface area (Å²) in [4.78, 5) is 34.3. The molecule has 7 heteroatoms. The third-order valence-corrected chi connectivity index (χ3v) is 4.92. The molecule has 1 saturated heterocycles. The van der Waals surface area contributed by atoms with E-state index in [0.29, 0.717) is 18.7 Å². The lowest BCUT2D eigenvalue weighted by molar-refractivity contribution is 0.0746. The number of carbonyl (C=O) groups is 1. The highest BCUT2D eigenvalue weighted by molar-refractivity contribution is 5.94. The van der Waals surface area contributed by atoms with Gasteiger partial charge in [0.2, 0.25) is 0 Å². The molecule has 0 atom stereocenters. The predicted octanol–water partition coefficient (Wildman–Crippen LogP) is 2.51. The van der Waals surface area contributed by atoms with Gasteiger partial charge in [-0.1, -0.05) is 12.1 Å². The number of benzene rings is 1. The van der Waals surface area contributed by atoms with Crippen molar-refractivity contribution >= 4 is 11.7 Å². The molecule has 0 unspecified atom stereocenters. The molecular weight excluding hydrogens is 352 g/mol. The highest BCUT2D eigenvalue weighted by atomic mass is 16.2. The van der Waals surface area contributed by atoms with Crippen LogP contribution in [0.25, 0.3) is 11.3 Å². The molecule has 3 heterocycles. The quantitative estimate of drug-likeness (QED) is 0.701. The Morgan fingerprint density at radius 3 is 2.36 bits per heavy atom. The summed E-state index contributed by atoms with van der Waals surface area (Å²) >= 11 is 0. The molecule has 1 fully saturated rings. The fourth-order valence-electron chi connectivity index (χ4n) is 3.36. The number of rotatable bonds is 3. The monoisotopic (exact) mass is 374 g/mol. The van der Waals surface area contributed by atoms with E-state index in [4.69, 9.17) is 0 Å². The zero-order valence-electron chi connectivity index (χ0n) is 16.0. The average Bonchev–Trinajstić information content (AvgIpc) is 2.76. The molecular formula is C21H22N6O. The predicted molar refractivity (Wildman–Crippen MR) is 107 cm³/mol. The Kier molecular flexibility index (Phi) is 4.97. The van der Waals surface area contributed by atoms with Gasteiger partial charge in [-0.3, -0.25) is 14.8 Å². The van der Waals surface area contributed by atoms with Crippen LogP contribution < -0.4 is 4.90 Å². The van der Waals surface area contributed by atoms with Crippen LogP contribution in [0, 0.1) is 13.8 Å². The van der Waals surface area contributed by atoms with E-state index in [0.717, 1.165) is 41.6 Å². The molecule has 1 aromatic carbocycles. The van der Waals surface area contributed by atoms with E-state index in [1.165, 1.54) is 0 Å². The van der Waals surface area contributed by atoms with Gasteiger partial charge >= 0.3 is 0 Å². The minimum Gasteiger partial charge on any atom is -0.352 e. The van der Waals surface area contributed by atoms with Gasteiger partial charge in [0.25, 0.3) is 5.91 Å². The second kappa shape index (κ2) is 7.72. The highest BCUT2D eigenvalue weighted by Crippen LogP contribution is 2.21. The third-order valence-electron chi connectivity index (χ3n) is 4.92. The van der Waals surface area contributed by atoms with Crippen LogP contribution in [0.3, 0.4) is 0 Å². The van der Waals surface area contributed by atoms with Crippen LogP contribution in [-0.4, -0.2) is 56.9 Å². The lowest BCUT2D eigenvalue weighted by atomic mass is 10.1. The largest absolute Gasteiger partial charge is 0.352 e. The van der Waals surface area contributed by atoms with Crippen molar-refractivity contribution < 1.29 is 4.79 Å². The van der Waals surface area contributed by atoms with Crippen LogP contribution in [0.4, 0.5) is 5.82 Å². The Bertz CT molecular complexity index is 966. The average molecular weight is 374 g/mol. The van der Waals surface area contributed by atoms with Crippen molar-refractivity contribution in [3.05, 3.63) is 66.0 Å². The molecule has 1 aliphatic heterocycles. The van der Waals surface area contributed by atoms with Gasteiger partial charge in [-0.15, -0.1) is 0 Å². The molecule has 0 saturated carbocycles. The lowest BCUT2D eigenvalue weighted by Gasteiger charge is -2.35. The van der Waals surface area contributed by atoms with E-state index in [9.17, 15) is 4.79 Å². The van der Waals surface area contributed by atoms with Gasteiger partial charge in [-0.25, -0.2) is 9.97 Å². The maximum atomic E-state index is 12.9. The minimum absolute atomic E-state index is 0.0531. The molecule has 1 amide bonds. The van der Waals surface area contributed by atoms with Crippen molar-refractivity contribution in [3.8, 4) is 11.3 Å². The van der Waals surface area contributed by atoms with Crippen LogP contribution in [0.15, 0.2) is 49.1 Å². The molecule has 0 radical (unpaired) electrons. The maximum Gasteiger partial charge on any atom is 0.253 e. The number of aromatic nitrogens is 4. The minimum atomic E-state index is 0.0531. The molecule has 28 heavy (non-hydrogen) atoms. The highest BCUT2D eigenvalue weighted by Gasteiger charge is 2.23. The zero-order valence-corrected chi connectivity index (χ0v) is 16.0. The van der Waals surface area contributed by atoms with Crippen LogP contribution in [0.2, 0.25) is 0 Å². The smallest absolute Gasteiger partial charge is 0.253 e. The van der Waals surface area contributed by atoms with Crippen molar-refractivity contribution in [2.24, 2.45) is 0 Å². The van der Waals surface area contributed by atoms with Crippen LogP contribution in [0.1, 0.15) is 21.7 Å². The summed E-state index contributed by atoms with van der Waals surface area (Å²) in [7, 11) is 0. The van der Waals surface area contributed by atoms with Gasteiger partial charge in [0.1, 0.15) is 5.82 Å². The number of carbonyl (C=O) groups excluding carboxylic acids is 1. The van der Waals surface area contributed by atoms with E-state index < -0.39 is 0 Å². The van der Waals surface area contributed by atoms with Crippen molar-refractivity contribution in [1.82, 2.24) is 24.8 Å². The first-order valence-corrected chi connectivity index (χ1v) is 9.33. The van der Waals surface area contributed by atoms with Crippen LogP contribution in [-0.2, 0) is 0 Å². The first-order chi connectivity index (χ1) is 13.6. The standard InChI is InChI=1S/C21H22N6O/c1-15-13-24-16(2)20(25-15)17-3-5-18(6-4-17)21(28)27-11-9-26(10-12-27)19-14-22-7-8-23-19/h3-8,13-14H,9-12H2,1-2H3. The molecule has 142 valence electrons. The summed E-state index contributed by atoms with van der Waals surface area (Å²) < 4.78 is 0. The third kappa shape index (κ3) is 3.69. The van der Waals surface area contributed by atoms with E-state index in [2.05, 4.69) is 24.8 Å². The number of hydrogen-bond acceptors (Lipinski definition) is 6. The van der Waals surface area contributed by atoms with Crippen molar-refractivity contribution in [2.75, 3.05) is 31.1 Å². The zero-order chi connectivity index (χ0) is 19.5. The van der Waals surface area contributed by atoms with E-state index in [1.54, 1.807) is 24.8 Å². The molecule has 0 bridgehead atoms. The Hall–Kier alpha value is -3.35. The summed E-state index contributed by atoms with van der Waals surface area (Å²) in [6.07, 6.45) is 6.87. The number of nitrogens with zero attached hydrogens (tertiary/aromatic N) is 6. The number of amides is 1. The van der Waals surface area contributed by atoms with E-state index in [1.807, 2.05) is 43.0 Å². The van der Waals surface area contributed by atoms with Crippen molar-refractivity contribution in [2.45, 2.75) is 13.8 Å². The summed E-state index contributed by atoms with van der Waals surface area (Å²) in [5, 5.41) is 0. The van der Waals surface area contributed by atoms with Crippen LogP contribution >= 0.6 is 0 Å². The molecule has 2 aromatic heterocycles. The fraction of sp³-hybridized carbons (Fsp3) is 0.286. The van der Waals surface area contributed by atoms with Gasteiger partial charge in [-0.2, -0.15) is 0 Å². The van der Waals surface area contributed by atoms with E-state index in [-0.39, 0.29) is 5.91 Å². The molecule has 3 aromatic rings. The van der Waals surface area contributed by atoms with Crippen molar-refractivity contribution in [3.63, 3.8) is 0 Å². The number of aryl methyl sites for hydroxylation is 2. The molecule has 7 nitrogen and oxygen atoms in total. The number of anilines is 1. The summed E-state index contributed by atoms with van der Waals surface area (Å²) in [6, 6.07) is 7.63. The number of hydrogen-bond donors (Lipinski definition) is 0. The van der Waals surface area contributed by atoms with Crippen molar-refractivity contribution in [1.29, 1.82) is 0 Å². The molecule has 1 aliphatic rings. The molecule has 0 N–H and O–H groups in total. The Balaban J connectivity index is 1.44. The Morgan fingerprint density at radius 1 is 0.929 bits per heavy atom. The van der Waals surface area contributed by atoms with Gasteiger partial charge in [0.15, 0.2) is 0 Å². The maximum absolute atomic E-state index is 12.9. The van der Waals surface area contributed by atoms with E-state index >= 15 is 0 Å². The Labute approximate surface area is 164 Å². The number of piperazine rings is 1. The van der Waals surface area contributed by atoms with Crippen LogP contribution in [0.5, 0.6) is 0 Å². The van der Waals surface area contributed by atoms with Gasteiger partial charge < -0.3 is 9.80 Å². The van der Waals surface area contributed by atoms with Gasteiger partial charge in [0, 0.05) is 55.9 Å². The SMILES string of the molecule is Cc1cnc(C)c(-c2ccc(C(=O)N3CCN(c4cnccn4)CC3)cc2)n1. The summed E-state index contributed by atoms with van der Waals surface area (Å²) in [6.45, 7) is 6.70. The second-order valence-corrected chi connectivity index (χ2v) is 6.87. The molecule has 0 spiro atoms. The summed E-state index contributed by atoms with van der Waals surface area (Å²) in [5.74, 6) is 0.908. The van der Waals surface area contributed by atoms with Gasteiger partial charge in [-0.05, 0) is 26.0 Å². The Morgan fingerprint density at radius 2 is 1.68 bits per heavy atom. The lowest BCUT2D eigenvalue weighted by Crippen LogP contribution is -2.49. The summed E-state index contributed by atoms with van der Waals surface area (Å²) in [5.41, 5.74) is 4.27. The molecule has 0 aliphatic carbocycles. The first kappa shape index (κ1) is 18.0. The topological polar surface area (TPSA) is 75.1 Å². The normalized spacial score (nSPS) is 14.2. The first-order valence-electron chi connectivity index (χ1n) is 9.33. The molecule has 4 rings (SSSR count). The van der Waals surface area contributed by atoms with Gasteiger partial charge in [0.05, 0.1) is 23.3 Å². The fourth-order valence-corrected chi connectivity index (χ4v) is 3.36. The second-order valence-electron chi connectivity index (χ2n) is 6.87.